The van der Waals surface area contributed by atoms with E-state index in [2.05, 4.69) is 0 Å². The molecule has 1 amide bonds. The van der Waals surface area contributed by atoms with Crippen LogP contribution >= 0.6 is 0 Å². The molecule has 4 nitrogen and oxygen atoms in total. The Morgan fingerprint density at radius 1 is 1.41 bits per heavy atom. The third-order valence-electron chi connectivity index (χ3n) is 2.01. The fourth-order valence-corrected chi connectivity index (χ4v) is 1.37. The van der Waals surface area contributed by atoms with Crippen molar-refractivity contribution in [1.29, 1.82) is 5.26 Å². The van der Waals surface area contributed by atoms with Gasteiger partial charge < -0.3 is 5.73 Å². The Bertz CT molecular complexity index is 530. The molecule has 0 aromatic heterocycles. The van der Waals surface area contributed by atoms with E-state index in [-0.39, 0.29) is 6.29 Å². The highest BCUT2D eigenvalue weighted by atomic mass is 19.4. The molecular weight excluding hydrogens is 237 g/mol. The third kappa shape index (κ3) is 2.25. The molecule has 0 aliphatic rings. The van der Waals surface area contributed by atoms with Gasteiger partial charge in [-0.3, -0.25) is 9.59 Å². The van der Waals surface area contributed by atoms with Crippen molar-refractivity contribution >= 4 is 12.2 Å². The van der Waals surface area contributed by atoms with Gasteiger partial charge in [0.1, 0.15) is 0 Å². The lowest BCUT2D eigenvalue weighted by Gasteiger charge is -2.13. The summed E-state index contributed by atoms with van der Waals surface area (Å²) in [6.45, 7) is 0. The van der Waals surface area contributed by atoms with Crippen LogP contribution in [0.15, 0.2) is 12.1 Å². The minimum atomic E-state index is -4.94. The Kier molecular flexibility index (Phi) is 3.18. The van der Waals surface area contributed by atoms with Crippen LogP contribution in [0, 0.1) is 11.3 Å². The SMILES string of the molecule is N#Cc1ccc(C=O)c(C(F)(F)F)c1C(N)=O. The van der Waals surface area contributed by atoms with Crippen LogP contribution in [0.3, 0.4) is 0 Å². The molecule has 88 valence electrons. The van der Waals surface area contributed by atoms with Gasteiger partial charge in [-0.2, -0.15) is 18.4 Å². The zero-order chi connectivity index (χ0) is 13.2. The van der Waals surface area contributed by atoms with Gasteiger partial charge in [0.05, 0.1) is 22.8 Å². The first-order valence-electron chi connectivity index (χ1n) is 4.22. The zero-order valence-electron chi connectivity index (χ0n) is 8.21. The Balaban J connectivity index is 3.79. The summed E-state index contributed by atoms with van der Waals surface area (Å²) in [5.41, 5.74) is 1.10. The molecule has 2 N–H and O–H groups in total. The third-order valence-corrected chi connectivity index (χ3v) is 2.01. The average molecular weight is 242 g/mol. The minimum Gasteiger partial charge on any atom is -0.366 e. The van der Waals surface area contributed by atoms with Gasteiger partial charge >= 0.3 is 6.18 Å². The normalized spacial score (nSPS) is 10.7. The molecule has 0 bridgehead atoms. The van der Waals surface area contributed by atoms with Crippen molar-refractivity contribution in [2.75, 3.05) is 0 Å². The average Bonchev–Trinajstić information content (AvgIpc) is 2.25. The first kappa shape index (κ1) is 12.7. The molecule has 0 heterocycles. The van der Waals surface area contributed by atoms with Gasteiger partial charge in [-0.25, -0.2) is 0 Å². The van der Waals surface area contributed by atoms with Crippen LogP contribution in [0.1, 0.15) is 31.8 Å². The van der Waals surface area contributed by atoms with E-state index in [0.717, 1.165) is 12.1 Å². The van der Waals surface area contributed by atoms with E-state index < -0.39 is 34.3 Å². The van der Waals surface area contributed by atoms with Gasteiger partial charge in [0.25, 0.3) is 5.91 Å². The second kappa shape index (κ2) is 4.25. The molecule has 0 radical (unpaired) electrons. The van der Waals surface area contributed by atoms with Crippen molar-refractivity contribution in [2.24, 2.45) is 5.73 Å². The van der Waals surface area contributed by atoms with Gasteiger partial charge in [0.15, 0.2) is 6.29 Å². The molecule has 17 heavy (non-hydrogen) atoms. The smallest absolute Gasteiger partial charge is 0.366 e. The number of nitrogens with two attached hydrogens (primary N) is 1. The number of rotatable bonds is 2. The quantitative estimate of drug-likeness (QED) is 0.797. The van der Waals surface area contributed by atoms with Crippen molar-refractivity contribution in [2.45, 2.75) is 6.18 Å². The zero-order valence-corrected chi connectivity index (χ0v) is 8.21. The topological polar surface area (TPSA) is 83.9 Å². The maximum absolute atomic E-state index is 12.7. The largest absolute Gasteiger partial charge is 0.417 e. The summed E-state index contributed by atoms with van der Waals surface area (Å²) in [5, 5.41) is 8.61. The van der Waals surface area contributed by atoms with Crippen molar-refractivity contribution in [3.63, 3.8) is 0 Å². The Morgan fingerprint density at radius 3 is 2.35 bits per heavy atom. The van der Waals surface area contributed by atoms with Crippen LogP contribution in [0.2, 0.25) is 0 Å². The van der Waals surface area contributed by atoms with E-state index in [9.17, 15) is 22.8 Å². The van der Waals surface area contributed by atoms with Crippen molar-refractivity contribution < 1.29 is 22.8 Å². The highest BCUT2D eigenvalue weighted by Gasteiger charge is 2.38. The van der Waals surface area contributed by atoms with E-state index in [0.29, 0.717) is 0 Å². The van der Waals surface area contributed by atoms with Gasteiger partial charge in [0, 0.05) is 5.56 Å². The van der Waals surface area contributed by atoms with Crippen LogP contribution < -0.4 is 5.73 Å². The number of amides is 1. The Hall–Kier alpha value is -2.36. The predicted octanol–water partition coefficient (Wildman–Crippen LogP) is 1.49. The van der Waals surface area contributed by atoms with Gasteiger partial charge in [-0.1, -0.05) is 0 Å². The maximum Gasteiger partial charge on any atom is 0.417 e. The molecule has 7 heteroatoms. The second-order valence-corrected chi connectivity index (χ2v) is 3.04. The van der Waals surface area contributed by atoms with Crippen LogP contribution in [-0.4, -0.2) is 12.2 Å². The van der Waals surface area contributed by atoms with Crippen LogP contribution in [0.4, 0.5) is 13.2 Å². The number of carbonyl (C=O) groups is 2. The first-order chi connectivity index (χ1) is 7.82. The molecule has 0 unspecified atom stereocenters. The molecule has 0 saturated heterocycles. The Morgan fingerprint density at radius 2 is 2.00 bits per heavy atom. The molecule has 1 aromatic carbocycles. The van der Waals surface area contributed by atoms with E-state index in [1.54, 1.807) is 0 Å². The number of halogens is 3. The van der Waals surface area contributed by atoms with Crippen LogP contribution in [-0.2, 0) is 6.18 Å². The van der Waals surface area contributed by atoms with Crippen LogP contribution in [0.5, 0.6) is 0 Å². The summed E-state index contributed by atoms with van der Waals surface area (Å²) < 4.78 is 38.1. The van der Waals surface area contributed by atoms with E-state index in [1.165, 1.54) is 6.07 Å². The minimum absolute atomic E-state index is 0.0452. The fourth-order valence-electron chi connectivity index (χ4n) is 1.37. The maximum atomic E-state index is 12.7. The number of aldehydes is 1. The summed E-state index contributed by atoms with van der Waals surface area (Å²) in [6, 6.07) is 3.19. The summed E-state index contributed by atoms with van der Waals surface area (Å²) in [4.78, 5) is 21.5. The lowest BCUT2D eigenvalue weighted by molar-refractivity contribution is -0.138. The monoisotopic (exact) mass is 242 g/mol. The van der Waals surface area contributed by atoms with Crippen molar-refractivity contribution in [1.82, 2.24) is 0 Å². The number of primary amides is 1. The molecule has 1 rings (SSSR count). The standard InChI is InChI=1S/C10H5F3N2O2/c11-10(12,13)8-6(4-16)2-1-5(3-14)7(8)9(15)17/h1-2,4H,(H2,15,17). The molecule has 0 spiro atoms. The highest BCUT2D eigenvalue weighted by molar-refractivity contribution is 5.99. The van der Waals surface area contributed by atoms with Gasteiger partial charge in [-0.05, 0) is 12.1 Å². The van der Waals surface area contributed by atoms with E-state index in [1.807, 2.05) is 0 Å². The van der Waals surface area contributed by atoms with Crippen molar-refractivity contribution in [3.05, 3.63) is 34.4 Å². The summed E-state index contributed by atoms with van der Waals surface area (Å²) in [6.07, 6.45) is -4.98. The molecule has 0 fully saturated rings. The molecule has 0 saturated carbocycles. The highest BCUT2D eigenvalue weighted by Crippen LogP contribution is 2.35. The van der Waals surface area contributed by atoms with Gasteiger partial charge in [-0.15, -0.1) is 0 Å². The number of nitriles is 1. The lowest BCUT2D eigenvalue weighted by atomic mass is 9.96. The number of hydrogen-bond donors (Lipinski definition) is 1. The van der Waals surface area contributed by atoms with Gasteiger partial charge in [0.2, 0.25) is 0 Å². The van der Waals surface area contributed by atoms with Crippen LogP contribution in [0.25, 0.3) is 0 Å². The number of nitrogens with zero attached hydrogens (tertiary/aromatic N) is 1. The predicted molar refractivity (Wildman–Crippen MR) is 50.1 cm³/mol. The summed E-state index contributed by atoms with van der Waals surface area (Å²) in [5.74, 6) is -1.41. The molecule has 1 aromatic rings. The fraction of sp³-hybridized carbons (Fsp3) is 0.100. The molecule has 0 atom stereocenters. The first-order valence-corrected chi connectivity index (χ1v) is 4.22. The summed E-state index contributed by atoms with van der Waals surface area (Å²) >= 11 is 0. The number of alkyl halides is 3. The van der Waals surface area contributed by atoms with E-state index in [4.69, 9.17) is 11.0 Å². The number of benzene rings is 1. The van der Waals surface area contributed by atoms with Crippen molar-refractivity contribution in [3.8, 4) is 6.07 Å². The number of hydrogen-bond acceptors (Lipinski definition) is 3. The summed E-state index contributed by atoms with van der Waals surface area (Å²) in [7, 11) is 0. The molecule has 0 aliphatic carbocycles. The van der Waals surface area contributed by atoms with E-state index >= 15 is 0 Å². The second-order valence-electron chi connectivity index (χ2n) is 3.04. The Labute approximate surface area is 93.4 Å². The molecule has 0 aliphatic heterocycles. The number of carbonyl (C=O) groups excluding carboxylic acids is 2. The molecular formula is C10H5F3N2O2. The lowest BCUT2D eigenvalue weighted by Crippen LogP contribution is -2.22.